The number of halogens is 1. The zero-order valence-electron chi connectivity index (χ0n) is 10.6. The fourth-order valence-electron chi connectivity index (χ4n) is 2.56. The first-order valence-electron chi connectivity index (χ1n) is 6.52. The van der Waals surface area contributed by atoms with Gasteiger partial charge < -0.3 is 10.1 Å². The lowest BCUT2D eigenvalue weighted by molar-refractivity contribution is -0.134. The van der Waals surface area contributed by atoms with Crippen molar-refractivity contribution < 1.29 is 9.53 Å². The van der Waals surface area contributed by atoms with Crippen LogP contribution in [0.25, 0.3) is 0 Å². The minimum atomic E-state index is -0.143. The lowest BCUT2D eigenvalue weighted by atomic mass is 9.77. The van der Waals surface area contributed by atoms with Crippen LogP contribution in [-0.4, -0.2) is 30.5 Å². The Morgan fingerprint density at radius 3 is 2.47 bits per heavy atom. The molecule has 2 saturated carbocycles. The Bertz CT molecular complexity index is 280. The van der Waals surface area contributed by atoms with Crippen LogP contribution in [0.5, 0.6) is 0 Å². The molecule has 0 aromatic carbocycles. The summed E-state index contributed by atoms with van der Waals surface area (Å²) in [6.07, 6.45) is 7.47. The quantitative estimate of drug-likeness (QED) is 0.734. The molecule has 4 heteroatoms. The minimum Gasteiger partial charge on any atom is -0.378 e. The molecule has 1 amide bonds. The average molecular weight is 304 g/mol. The molecule has 0 aromatic heterocycles. The highest BCUT2D eigenvalue weighted by molar-refractivity contribution is 9.09. The summed E-state index contributed by atoms with van der Waals surface area (Å²) in [7, 11) is 1.72. The highest BCUT2D eigenvalue weighted by atomic mass is 79.9. The van der Waals surface area contributed by atoms with E-state index < -0.39 is 0 Å². The maximum absolute atomic E-state index is 11.9. The van der Waals surface area contributed by atoms with Gasteiger partial charge in [-0.2, -0.15) is 0 Å². The maximum atomic E-state index is 11.9. The fraction of sp³-hybridized carbons (Fsp3) is 0.923. The van der Waals surface area contributed by atoms with E-state index in [-0.39, 0.29) is 11.5 Å². The van der Waals surface area contributed by atoms with E-state index in [4.69, 9.17) is 4.74 Å². The van der Waals surface area contributed by atoms with E-state index in [2.05, 4.69) is 21.2 Å². The van der Waals surface area contributed by atoms with Crippen LogP contribution in [0.4, 0.5) is 0 Å². The summed E-state index contributed by atoms with van der Waals surface area (Å²) in [5.74, 6) is 0.160. The fourth-order valence-corrected chi connectivity index (χ4v) is 3.40. The van der Waals surface area contributed by atoms with Crippen molar-refractivity contribution in [1.29, 1.82) is 0 Å². The first-order valence-corrected chi connectivity index (χ1v) is 7.64. The monoisotopic (exact) mass is 303 g/mol. The van der Waals surface area contributed by atoms with Crippen LogP contribution in [0.3, 0.4) is 0 Å². The lowest BCUT2D eigenvalue weighted by Crippen LogP contribution is -2.44. The molecule has 0 aliphatic heterocycles. The Kier molecular flexibility index (Phi) is 4.14. The number of alkyl halides is 1. The highest BCUT2D eigenvalue weighted by Crippen LogP contribution is 2.48. The van der Waals surface area contributed by atoms with Crippen molar-refractivity contribution in [3.63, 3.8) is 0 Å². The Balaban J connectivity index is 1.71. The molecular weight excluding hydrogens is 282 g/mol. The van der Waals surface area contributed by atoms with Gasteiger partial charge in [-0.05, 0) is 43.9 Å². The summed E-state index contributed by atoms with van der Waals surface area (Å²) in [6.45, 7) is 0.844. The molecule has 0 saturated heterocycles. The first-order chi connectivity index (χ1) is 8.14. The van der Waals surface area contributed by atoms with Crippen molar-refractivity contribution in [3.8, 4) is 0 Å². The molecule has 0 spiro atoms. The largest absolute Gasteiger partial charge is 0.378 e. The molecule has 2 aliphatic carbocycles. The van der Waals surface area contributed by atoms with Crippen molar-refractivity contribution in [3.05, 3.63) is 0 Å². The average Bonchev–Trinajstić information content (AvgIpc) is 3.02. The van der Waals surface area contributed by atoms with Crippen molar-refractivity contribution >= 4 is 21.8 Å². The third-order valence-electron chi connectivity index (χ3n) is 4.42. The van der Waals surface area contributed by atoms with Crippen LogP contribution in [0.15, 0.2) is 0 Å². The molecule has 1 N–H and O–H groups in total. The van der Waals surface area contributed by atoms with Gasteiger partial charge in [-0.15, -0.1) is 0 Å². The zero-order chi connectivity index (χ0) is 12.4. The second-order valence-corrected chi connectivity index (χ2v) is 6.43. The van der Waals surface area contributed by atoms with Gasteiger partial charge >= 0.3 is 0 Å². The van der Waals surface area contributed by atoms with E-state index in [1.165, 1.54) is 25.7 Å². The number of rotatable bonds is 7. The first kappa shape index (κ1) is 13.3. The molecule has 0 unspecified atom stereocenters. The number of carbonyl (C=O) groups is 1. The molecule has 0 heterocycles. The normalized spacial score (nSPS) is 23.9. The highest BCUT2D eigenvalue weighted by Gasteiger charge is 2.43. The van der Waals surface area contributed by atoms with E-state index in [1.54, 1.807) is 7.11 Å². The van der Waals surface area contributed by atoms with E-state index in [9.17, 15) is 4.79 Å². The molecule has 2 rings (SSSR count). The minimum absolute atomic E-state index is 0.143. The van der Waals surface area contributed by atoms with Crippen LogP contribution in [0, 0.1) is 5.41 Å². The molecule has 0 radical (unpaired) electrons. The Morgan fingerprint density at radius 2 is 2.06 bits per heavy atom. The predicted octanol–water partition coefficient (Wildman–Crippen LogP) is 2.63. The molecular formula is C13H22BrNO2. The number of amides is 1. The number of ether oxygens (including phenoxy) is 1. The summed E-state index contributed by atoms with van der Waals surface area (Å²) in [4.78, 5) is 11.9. The van der Waals surface area contributed by atoms with Gasteiger partial charge in [-0.25, -0.2) is 0 Å². The number of hydrogen-bond acceptors (Lipinski definition) is 2. The number of methoxy groups -OCH3 is 1. The number of carbonyl (C=O) groups excluding carboxylic acids is 1. The van der Waals surface area contributed by atoms with Gasteiger partial charge in [0, 0.05) is 19.0 Å². The zero-order valence-corrected chi connectivity index (χ0v) is 12.1. The van der Waals surface area contributed by atoms with Gasteiger partial charge in [0.2, 0.25) is 5.91 Å². The number of nitrogens with one attached hydrogen (secondary N) is 1. The summed E-state index contributed by atoms with van der Waals surface area (Å²) < 4.78 is 5.47. The van der Waals surface area contributed by atoms with Crippen LogP contribution in [-0.2, 0) is 9.53 Å². The topological polar surface area (TPSA) is 38.3 Å². The van der Waals surface area contributed by atoms with Crippen LogP contribution in [0.2, 0.25) is 0 Å². The van der Waals surface area contributed by atoms with Gasteiger partial charge in [0.05, 0.1) is 12.0 Å². The molecule has 98 valence electrons. The Hall–Kier alpha value is -0.0900. The van der Waals surface area contributed by atoms with Crippen LogP contribution in [0.1, 0.15) is 44.9 Å². The van der Waals surface area contributed by atoms with E-state index in [0.717, 1.165) is 24.7 Å². The summed E-state index contributed by atoms with van der Waals surface area (Å²) in [5, 5.41) is 4.12. The van der Waals surface area contributed by atoms with Gasteiger partial charge in [-0.1, -0.05) is 15.9 Å². The Morgan fingerprint density at radius 1 is 1.35 bits per heavy atom. The molecule has 17 heavy (non-hydrogen) atoms. The molecule has 0 aromatic rings. The van der Waals surface area contributed by atoms with E-state index in [0.29, 0.717) is 11.8 Å². The van der Waals surface area contributed by atoms with Crippen molar-refractivity contribution in [1.82, 2.24) is 5.32 Å². The summed E-state index contributed by atoms with van der Waals surface area (Å²) in [6, 6.07) is 0. The summed E-state index contributed by atoms with van der Waals surface area (Å²) in [5.41, 5.74) is 0.259. The van der Waals surface area contributed by atoms with Gasteiger partial charge in [0.1, 0.15) is 0 Å². The third kappa shape index (κ3) is 3.22. The van der Waals surface area contributed by atoms with Gasteiger partial charge in [0.25, 0.3) is 0 Å². The van der Waals surface area contributed by atoms with Crippen LogP contribution < -0.4 is 5.32 Å². The standard InChI is InChI=1S/C13H22BrNO2/c1-17-13(3-2-4-13)9-11(16)15-10-12(5-6-12)7-8-14/h2-10H2,1H3,(H,15,16). The molecule has 0 bridgehead atoms. The molecule has 2 aliphatic rings. The predicted molar refractivity (Wildman–Crippen MR) is 71.3 cm³/mol. The third-order valence-corrected chi connectivity index (χ3v) is 4.82. The second-order valence-electron chi connectivity index (χ2n) is 5.63. The van der Waals surface area contributed by atoms with E-state index in [1.807, 2.05) is 0 Å². The molecule has 3 nitrogen and oxygen atoms in total. The van der Waals surface area contributed by atoms with Gasteiger partial charge in [-0.3, -0.25) is 4.79 Å². The summed E-state index contributed by atoms with van der Waals surface area (Å²) >= 11 is 3.48. The smallest absolute Gasteiger partial charge is 0.222 e. The molecule has 2 fully saturated rings. The SMILES string of the molecule is COC1(CC(=O)NCC2(CCBr)CC2)CCC1. The van der Waals surface area contributed by atoms with E-state index >= 15 is 0 Å². The van der Waals surface area contributed by atoms with Crippen LogP contribution >= 0.6 is 15.9 Å². The lowest BCUT2D eigenvalue weighted by Gasteiger charge is -2.40. The van der Waals surface area contributed by atoms with Gasteiger partial charge in [0.15, 0.2) is 0 Å². The van der Waals surface area contributed by atoms with Crippen molar-refractivity contribution in [2.45, 2.75) is 50.5 Å². The number of hydrogen-bond donors (Lipinski definition) is 1. The van der Waals surface area contributed by atoms with Crippen molar-refractivity contribution in [2.24, 2.45) is 5.41 Å². The maximum Gasteiger partial charge on any atom is 0.222 e. The Labute approximate surface area is 112 Å². The molecule has 0 atom stereocenters. The van der Waals surface area contributed by atoms with Crippen molar-refractivity contribution in [2.75, 3.05) is 19.0 Å². The second kappa shape index (κ2) is 5.27.